The van der Waals surface area contributed by atoms with Gasteiger partial charge in [0.1, 0.15) is 0 Å². The Hall–Kier alpha value is -1.67. The Bertz CT molecular complexity index is 641. The minimum atomic E-state index is -5.19. The molecular weight excluding hydrogens is 384 g/mol. The van der Waals surface area contributed by atoms with Gasteiger partial charge in [0.15, 0.2) is 0 Å². The fourth-order valence-electron chi connectivity index (χ4n) is 1.92. The summed E-state index contributed by atoms with van der Waals surface area (Å²) >= 11 is 11.5. The molecule has 1 aromatic rings. The van der Waals surface area contributed by atoms with E-state index in [2.05, 4.69) is 4.74 Å². The molecule has 0 saturated carbocycles. The summed E-state index contributed by atoms with van der Waals surface area (Å²) in [6, 6.07) is 3.56. The normalized spacial score (nSPS) is 13.7. The molecule has 0 radical (unpaired) electrons. The minimum absolute atomic E-state index is 0.0218. The first-order chi connectivity index (χ1) is 11.6. The van der Waals surface area contributed by atoms with Crippen molar-refractivity contribution in [2.45, 2.75) is 38.5 Å². The predicted molar refractivity (Wildman–Crippen MR) is 88.6 cm³/mol. The number of benzene rings is 1. The predicted octanol–water partition coefficient (Wildman–Crippen LogP) is 4.14. The first-order valence-corrected chi connectivity index (χ1v) is 8.11. The van der Waals surface area contributed by atoms with E-state index in [1.54, 1.807) is 12.2 Å². The maximum atomic E-state index is 13.8. The van der Waals surface area contributed by atoms with Gasteiger partial charge in [0.25, 0.3) is 0 Å². The van der Waals surface area contributed by atoms with Crippen LogP contribution in [0, 0.1) is 0 Å². The molecule has 2 N–H and O–H groups in total. The molecule has 1 atom stereocenters. The SMILES string of the molecule is CCCC(=O)N[C@](Nc1ccc(Cl)c(Cl)c1)(C(=O)OCC)C(F)(F)F. The standard InChI is InChI=1S/C15H17Cl2F3N2O3/c1-3-5-12(23)22-14(15(18,19)20,13(24)25-4-2)21-9-6-7-10(16)11(17)8-9/h6-8,21H,3-5H2,1-2H3,(H,22,23)/t14-/m1/s1. The molecule has 10 heteroatoms. The Morgan fingerprint density at radius 3 is 2.28 bits per heavy atom. The lowest BCUT2D eigenvalue weighted by Gasteiger charge is -2.35. The second-order valence-electron chi connectivity index (χ2n) is 5.02. The van der Waals surface area contributed by atoms with E-state index < -0.39 is 23.7 Å². The zero-order valence-electron chi connectivity index (χ0n) is 13.5. The van der Waals surface area contributed by atoms with Crippen LogP contribution in [0.25, 0.3) is 0 Å². The third-order valence-corrected chi connectivity index (χ3v) is 3.80. The van der Waals surface area contributed by atoms with Crippen molar-refractivity contribution in [3.8, 4) is 0 Å². The third-order valence-electron chi connectivity index (χ3n) is 3.06. The number of ether oxygens (including phenoxy) is 1. The van der Waals surface area contributed by atoms with Crippen LogP contribution >= 0.6 is 23.2 Å². The highest BCUT2D eigenvalue weighted by Gasteiger charge is 2.63. The van der Waals surface area contributed by atoms with Crippen molar-refractivity contribution >= 4 is 40.8 Å². The lowest BCUT2D eigenvalue weighted by molar-refractivity contribution is -0.207. The first kappa shape index (κ1) is 21.4. The second kappa shape index (κ2) is 8.62. The molecule has 0 heterocycles. The maximum Gasteiger partial charge on any atom is 0.441 e. The minimum Gasteiger partial charge on any atom is -0.463 e. The van der Waals surface area contributed by atoms with Crippen molar-refractivity contribution in [3.63, 3.8) is 0 Å². The van der Waals surface area contributed by atoms with Crippen LogP contribution < -0.4 is 10.6 Å². The zero-order chi connectivity index (χ0) is 19.3. The van der Waals surface area contributed by atoms with Gasteiger partial charge in [0.2, 0.25) is 5.91 Å². The monoisotopic (exact) mass is 400 g/mol. The van der Waals surface area contributed by atoms with Crippen LogP contribution in [0.5, 0.6) is 0 Å². The highest BCUT2D eigenvalue weighted by atomic mass is 35.5. The number of anilines is 1. The van der Waals surface area contributed by atoms with Gasteiger partial charge >= 0.3 is 17.8 Å². The molecule has 1 rings (SSSR count). The van der Waals surface area contributed by atoms with Crippen molar-refractivity contribution in [2.24, 2.45) is 0 Å². The Kier molecular flexibility index (Phi) is 7.37. The van der Waals surface area contributed by atoms with Gasteiger partial charge < -0.3 is 15.4 Å². The molecule has 0 saturated heterocycles. The summed E-state index contributed by atoms with van der Waals surface area (Å²) in [5.74, 6) is -2.64. The van der Waals surface area contributed by atoms with Gasteiger partial charge in [-0.05, 0) is 31.5 Å². The number of rotatable bonds is 7. The van der Waals surface area contributed by atoms with Gasteiger partial charge in [-0.3, -0.25) is 4.79 Å². The fourth-order valence-corrected chi connectivity index (χ4v) is 2.22. The summed E-state index contributed by atoms with van der Waals surface area (Å²) in [7, 11) is 0. The fraction of sp³-hybridized carbons (Fsp3) is 0.467. The Balaban J connectivity index is 3.37. The summed E-state index contributed by atoms with van der Waals surface area (Å²) in [5.41, 5.74) is -3.62. The number of carbonyl (C=O) groups is 2. The molecule has 5 nitrogen and oxygen atoms in total. The van der Waals surface area contributed by atoms with Crippen LogP contribution in [0.1, 0.15) is 26.7 Å². The van der Waals surface area contributed by atoms with E-state index in [9.17, 15) is 22.8 Å². The van der Waals surface area contributed by atoms with Crippen molar-refractivity contribution < 1.29 is 27.5 Å². The van der Waals surface area contributed by atoms with Gasteiger partial charge in [-0.1, -0.05) is 30.1 Å². The number of amides is 1. The average Bonchev–Trinajstić information content (AvgIpc) is 2.49. The molecule has 140 valence electrons. The number of halogens is 5. The average molecular weight is 401 g/mol. The molecule has 0 aliphatic carbocycles. The summed E-state index contributed by atoms with van der Waals surface area (Å²) in [6.07, 6.45) is -5.08. The summed E-state index contributed by atoms with van der Waals surface area (Å²) in [6.45, 7) is 2.67. The van der Waals surface area contributed by atoms with Crippen LogP contribution in [0.3, 0.4) is 0 Å². The van der Waals surface area contributed by atoms with E-state index in [1.807, 2.05) is 5.32 Å². The van der Waals surface area contributed by atoms with E-state index in [1.165, 1.54) is 19.1 Å². The number of hydrogen-bond donors (Lipinski definition) is 2. The molecular formula is C15H17Cl2F3N2O3. The Morgan fingerprint density at radius 2 is 1.80 bits per heavy atom. The van der Waals surface area contributed by atoms with Crippen LogP contribution in [0.15, 0.2) is 18.2 Å². The molecule has 0 bridgehead atoms. The van der Waals surface area contributed by atoms with Gasteiger partial charge in [-0.25, -0.2) is 4.79 Å². The van der Waals surface area contributed by atoms with Crippen molar-refractivity contribution in [1.29, 1.82) is 0 Å². The number of nitrogens with one attached hydrogen (secondary N) is 2. The van der Waals surface area contributed by atoms with Crippen LogP contribution in [-0.2, 0) is 14.3 Å². The molecule has 0 fully saturated rings. The van der Waals surface area contributed by atoms with Crippen molar-refractivity contribution in [3.05, 3.63) is 28.2 Å². The maximum absolute atomic E-state index is 13.8. The topological polar surface area (TPSA) is 67.4 Å². The Labute approximate surface area is 152 Å². The van der Waals surface area contributed by atoms with Crippen LogP contribution in [0.4, 0.5) is 18.9 Å². The molecule has 25 heavy (non-hydrogen) atoms. The smallest absolute Gasteiger partial charge is 0.441 e. The molecule has 0 aliphatic heterocycles. The number of esters is 1. The summed E-state index contributed by atoms with van der Waals surface area (Å²) in [4.78, 5) is 23.9. The summed E-state index contributed by atoms with van der Waals surface area (Å²) in [5, 5.41) is 3.81. The molecule has 0 aliphatic rings. The van der Waals surface area contributed by atoms with Gasteiger partial charge in [0, 0.05) is 12.1 Å². The lowest BCUT2D eigenvalue weighted by Crippen LogP contribution is -2.69. The number of carbonyl (C=O) groups excluding carboxylic acids is 2. The van der Waals surface area contributed by atoms with Crippen LogP contribution in [-0.4, -0.2) is 30.3 Å². The van der Waals surface area contributed by atoms with E-state index >= 15 is 0 Å². The molecule has 0 unspecified atom stereocenters. The van der Waals surface area contributed by atoms with E-state index in [0.717, 1.165) is 6.07 Å². The van der Waals surface area contributed by atoms with Crippen molar-refractivity contribution in [2.75, 3.05) is 11.9 Å². The third kappa shape index (κ3) is 5.15. The molecule has 0 aromatic heterocycles. The number of hydrogen-bond acceptors (Lipinski definition) is 4. The van der Waals surface area contributed by atoms with Gasteiger partial charge in [-0.15, -0.1) is 0 Å². The molecule has 1 aromatic carbocycles. The Morgan fingerprint density at radius 1 is 1.16 bits per heavy atom. The van der Waals surface area contributed by atoms with Gasteiger partial charge in [-0.2, -0.15) is 13.2 Å². The van der Waals surface area contributed by atoms with Crippen LogP contribution in [0.2, 0.25) is 10.0 Å². The van der Waals surface area contributed by atoms with E-state index in [0.29, 0.717) is 6.42 Å². The highest BCUT2D eigenvalue weighted by Crippen LogP contribution is 2.35. The number of alkyl halides is 3. The summed E-state index contributed by atoms with van der Waals surface area (Å²) < 4.78 is 45.9. The largest absolute Gasteiger partial charge is 0.463 e. The lowest BCUT2D eigenvalue weighted by atomic mass is 10.1. The second-order valence-corrected chi connectivity index (χ2v) is 5.83. The van der Waals surface area contributed by atoms with E-state index in [4.69, 9.17) is 23.2 Å². The molecule has 0 spiro atoms. The zero-order valence-corrected chi connectivity index (χ0v) is 15.0. The van der Waals surface area contributed by atoms with E-state index in [-0.39, 0.29) is 28.8 Å². The molecule has 1 amide bonds. The first-order valence-electron chi connectivity index (χ1n) is 7.35. The van der Waals surface area contributed by atoms with Crippen molar-refractivity contribution in [1.82, 2.24) is 5.32 Å². The highest BCUT2D eigenvalue weighted by molar-refractivity contribution is 6.42. The van der Waals surface area contributed by atoms with Gasteiger partial charge in [0.05, 0.1) is 16.7 Å². The quantitative estimate of drug-likeness (QED) is 0.532.